The number of nitrogens with zero attached hydrogens (tertiary/aromatic N) is 2. The number of imidazole rings is 1. The molecular weight excluding hydrogens is 265 g/mol. The minimum absolute atomic E-state index is 0.409. The maximum atomic E-state index is 4.73. The lowest BCUT2D eigenvalue weighted by Crippen LogP contribution is -2.13. The Hall–Kier alpha value is -0.805. The Morgan fingerprint density at radius 2 is 2.38 bits per heavy atom. The Morgan fingerprint density at radius 1 is 1.56 bits per heavy atom. The van der Waals surface area contributed by atoms with E-state index in [4.69, 9.17) is 4.98 Å². The second-order valence-electron chi connectivity index (χ2n) is 4.34. The third-order valence-corrected chi connectivity index (χ3v) is 4.21. The maximum Gasteiger partial charge on any atom is 0.140 e. The SMILES string of the molecule is Bc1cc2nc3n(c2cc1Br)CCC3NC. The smallest absolute Gasteiger partial charge is 0.140 e. The van der Waals surface area contributed by atoms with Gasteiger partial charge >= 0.3 is 0 Å². The summed E-state index contributed by atoms with van der Waals surface area (Å²) in [4.78, 5) is 4.73. The number of hydrogen-bond acceptors (Lipinski definition) is 2. The van der Waals surface area contributed by atoms with Gasteiger partial charge < -0.3 is 9.88 Å². The summed E-state index contributed by atoms with van der Waals surface area (Å²) in [6.45, 7) is 1.06. The predicted octanol–water partition coefficient (Wildman–Crippen LogP) is 0.721. The largest absolute Gasteiger partial charge is 0.327 e. The van der Waals surface area contributed by atoms with Crippen molar-refractivity contribution >= 4 is 40.3 Å². The van der Waals surface area contributed by atoms with Gasteiger partial charge in [-0.2, -0.15) is 0 Å². The third-order valence-electron chi connectivity index (χ3n) is 3.36. The van der Waals surface area contributed by atoms with E-state index in [-0.39, 0.29) is 0 Å². The van der Waals surface area contributed by atoms with Crippen LogP contribution >= 0.6 is 15.9 Å². The molecule has 0 aliphatic carbocycles. The molecule has 5 heteroatoms. The highest BCUT2D eigenvalue weighted by Gasteiger charge is 2.25. The van der Waals surface area contributed by atoms with E-state index < -0.39 is 0 Å². The summed E-state index contributed by atoms with van der Waals surface area (Å²) in [7, 11) is 4.10. The second-order valence-corrected chi connectivity index (χ2v) is 5.20. The fourth-order valence-corrected chi connectivity index (χ4v) is 2.76. The van der Waals surface area contributed by atoms with Crippen LogP contribution < -0.4 is 10.8 Å². The molecule has 2 aromatic rings. The first-order chi connectivity index (χ1) is 7.70. The lowest BCUT2D eigenvalue weighted by molar-refractivity contribution is 0.578. The lowest BCUT2D eigenvalue weighted by Gasteiger charge is -2.03. The van der Waals surface area contributed by atoms with Crippen LogP contribution in [0.4, 0.5) is 0 Å². The van der Waals surface area contributed by atoms with Gasteiger partial charge in [0.25, 0.3) is 0 Å². The van der Waals surface area contributed by atoms with Gasteiger partial charge in [0, 0.05) is 11.0 Å². The summed E-state index contributed by atoms with van der Waals surface area (Å²) in [5.41, 5.74) is 3.59. The molecule has 0 saturated carbocycles. The van der Waals surface area contributed by atoms with Crippen LogP contribution in [-0.2, 0) is 6.54 Å². The minimum atomic E-state index is 0.409. The van der Waals surface area contributed by atoms with E-state index in [1.165, 1.54) is 16.8 Å². The van der Waals surface area contributed by atoms with Gasteiger partial charge in [-0.05, 0) is 25.6 Å². The van der Waals surface area contributed by atoms with Gasteiger partial charge in [0.2, 0.25) is 0 Å². The third kappa shape index (κ3) is 1.35. The highest BCUT2D eigenvalue weighted by Crippen LogP contribution is 2.30. The fourth-order valence-electron chi connectivity index (χ4n) is 2.43. The van der Waals surface area contributed by atoms with E-state index in [2.05, 4.69) is 45.8 Å². The van der Waals surface area contributed by atoms with Crippen molar-refractivity contribution in [2.24, 2.45) is 0 Å². The van der Waals surface area contributed by atoms with Crippen molar-refractivity contribution in [2.75, 3.05) is 7.05 Å². The highest BCUT2D eigenvalue weighted by atomic mass is 79.9. The molecule has 1 atom stereocenters. The standard InChI is InChI=1S/C11H13BBrN3/c1-14-8-2-3-16-10-5-7(13)6(12)4-9(10)15-11(8)16/h4-5,8,14H,2-3,12H2,1H3. The molecule has 1 aromatic carbocycles. The molecule has 0 bridgehead atoms. The molecule has 3 rings (SSSR count). The zero-order valence-corrected chi connectivity index (χ0v) is 11.0. The number of benzene rings is 1. The van der Waals surface area contributed by atoms with Crippen molar-refractivity contribution in [3.05, 3.63) is 22.4 Å². The Kier molecular flexibility index (Phi) is 2.33. The predicted molar refractivity (Wildman–Crippen MR) is 72.0 cm³/mol. The molecule has 3 nitrogen and oxygen atoms in total. The number of nitrogens with one attached hydrogen (secondary N) is 1. The van der Waals surface area contributed by atoms with Crippen LogP contribution in [0.25, 0.3) is 11.0 Å². The molecule has 0 saturated heterocycles. The Bertz CT molecular complexity index is 564. The number of aromatic nitrogens is 2. The number of rotatable bonds is 1. The molecular formula is C11H13BBrN3. The van der Waals surface area contributed by atoms with Crippen LogP contribution in [0.1, 0.15) is 18.3 Å². The molecule has 0 radical (unpaired) electrons. The molecule has 0 fully saturated rings. The average Bonchev–Trinajstić information content (AvgIpc) is 2.78. The first-order valence-electron chi connectivity index (χ1n) is 5.54. The summed E-state index contributed by atoms with van der Waals surface area (Å²) in [5.74, 6) is 1.18. The van der Waals surface area contributed by atoms with Gasteiger partial charge in [-0.15, -0.1) is 0 Å². The fraction of sp³-hybridized carbons (Fsp3) is 0.364. The molecule has 1 unspecified atom stereocenters. The topological polar surface area (TPSA) is 29.9 Å². The van der Waals surface area contributed by atoms with Crippen molar-refractivity contribution in [2.45, 2.75) is 19.0 Å². The van der Waals surface area contributed by atoms with Crippen molar-refractivity contribution in [3.63, 3.8) is 0 Å². The van der Waals surface area contributed by atoms with Gasteiger partial charge in [-0.25, -0.2) is 4.98 Å². The molecule has 1 N–H and O–H groups in total. The van der Waals surface area contributed by atoms with Crippen LogP contribution in [-0.4, -0.2) is 24.4 Å². The van der Waals surface area contributed by atoms with Gasteiger partial charge in [0.05, 0.1) is 17.1 Å². The zero-order valence-electron chi connectivity index (χ0n) is 9.42. The molecule has 1 aromatic heterocycles. The Balaban J connectivity index is 2.27. The van der Waals surface area contributed by atoms with E-state index in [0.29, 0.717) is 6.04 Å². The molecule has 82 valence electrons. The molecule has 2 heterocycles. The first-order valence-corrected chi connectivity index (χ1v) is 6.33. The minimum Gasteiger partial charge on any atom is -0.327 e. The molecule has 16 heavy (non-hydrogen) atoms. The number of fused-ring (bicyclic) bond motifs is 3. The average molecular weight is 278 g/mol. The summed E-state index contributed by atoms with van der Waals surface area (Å²) < 4.78 is 3.48. The van der Waals surface area contributed by atoms with Crippen molar-refractivity contribution in [3.8, 4) is 0 Å². The summed E-state index contributed by atoms with van der Waals surface area (Å²) in [6, 6.07) is 4.74. The normalized spacial score (nSPS) is 19.2. The van der Waals surface area contributed by atoms with Gasteiger partial charge in [0.1, 0.15) is 13.7 Å². The number of hydrogen-bond donors (Lipinski definition) is 1. The quantitative estimate of drug-likeness (QED) is 0.779. The van der Waals surface area contributed by atoms with Crippen LogP contribution in [0.3, 0.4) is 0 Å². The zero-order chi connectivity index (χ0) is 11.3. The molecule has 0 spiro atoms. The molecule has 0 amide bonds. The first kappa shape index (κ1) is 10.4. The van der Waals surface area contributed by atoms with Gasteiger partial charge in [0.15, 0.2) is 0 Å². The molecule has 1 aliphatic rings. The van der Waals surface area contributed by atoms with Crippen LogP contribution in [0.2, 0.25) is 0 Å². The Morgan fingerprint density at radius 3 is 3.12 bits per heavy atom. The van der Waals surface area contributed by atoms with Crippen LogP contribution in [0, 0.1) is 0 Å². The van der Waals surface area contributed by atoms with Gasteiger partial charge in [-0.3, -0.25) is 0 Å². The van der Waals surface area contributed by atoms with E-state index in [1.54, 1.807) is 0 Å². The Labute approximate surface area is 104 Å². The van der Waals surface area contributed by atoms with E-state index in [1.807, 2.05) is 7.05 Å². The monoisotopic (exact) mass is 277 g/mol. The second kappa shape index (κ2) is 3.60. The van der Waals surface area contributed by atoms with Crippen molar-refractivity contribution in [1.82, 2.24) is 14.9 Å². The van der Waals surface area contributed by atoms with E-state index >= 15 is 0 Å². The van der Waals surface area contributed by atoms with Crippen LogP contribution in [0.5, 0.6) is 0 Å². The summed E-state index contributed by atoms with van der Waals surface area (Å²) in [5, 5.41) is 3.32. The van der Waals surface area contributed by atoms with Gasteiger partial charge in [-0.1, -0.05) is 21.4 Å². The molecule has 1 aliphatic heterocycles. The lowest BCUT2D eigenvalue weighted by atomic mass is 9.96. The summed E-state index contributed by atoms with van der Waals surface area (Å²) in [6.07, 6.45) is 1.14. The number of halogens is 1. The highest BCUT2D eigenvalue weighted by molar-refractivity contribution is 9.10. The number of aryl methyl sites for hydroxylation is 1. The van der Waals surface area contributed by atoms with Crippen LogP contribution in [0.15, 0.2) is 16.6 Å². The maximum absolute atomic E-state index is 4.73. The van der Waals surface area contributed by atoms with Crippen molar-refractivity contribution < 1.29 is 0 Å². The van der Waals surface area contributed by atoms with E-state index in [9.17, 15) is 0 Å². The summed E-state index contributed by atoms with van der Waals surface area (Å²) >= 11 is 3.58. The van der Waals surface area contributed by atoms with E-state index in [0.717, 1.165) is 23.0 Å². The van der Waals surface area contributed by atoms with Crippen molar-refractivity contribution in [1.29, 1.82) is 0 Å².